The van der Waals surface area contributed by atoms with E-state index in [0.29, 0.717) is 10.0 Å². The van der Waals surface area contributed by atoms with Crippen LogP contribution in [0, 0.1) is 0 Å². The number of rotatable bonds is 3. The molecule has 0 radical (unpaired) electrons. The highest BCUT2D eigenvalue weighted by Crippen LogP contribution is 2.21. The molecule has 14 heavy (non-hydrogen) atoms. The van der Waals surface area contributed by atoms with Gasteiger partial charge in [-0.25, -0.2) is 0 Å². The van der Waals surface area contributed by atoms with Crippen molar-refractivity contribution in [1.29, 1.82) is 0 Å². The van der Waals surface area contributed by atoms with Crippen molar-refractivity contribution >= 4 is 29.0 Å². The summed E-state index contributed by atoms with van der Waals surface area (Å²) in [6, 6.07) is 4.61. The highest BCUT2D eigenvalue weighted by atomic mass is 35.5. The van der Waals surface area contributed by atoms with Crippen LogP contribution in [0.3, 0.4) is 0 Å². The maximum absolute atomic E-state index is 11.3. The summed E-state index contributed by atoms with van der Waals surface area (Å²) in [6.07, 6.45) is 0.258. The van der Waals surface area contributed by atoms with E-state index in [1.165, 1.54) is 0 Å². The Bertz CT molecular complexity index is 350. The van der Waals surface area contributed by atoms with Crippen LogP contribution in [0.5, 0.6) is 0 Å². The predicted octanol–water partition coefficient (Wildman–Crippen LogP) is 2.45. The van der Waals surface area contributed by atoms with Gasteiger partial charge in [0.25, 0.3) is 0 Å². The van der Waals surface area contributed by atoms with Crippen molar-refractivity contribution in [3.8, 4) is 0 Å². The van der Waals surface area contributed by atoms with Gasteiger partial charge >= 0.3 is 0 Å². The summed E-state index contributed by atoms with van der Waals surface area (Å²) in [5.41, 5.74) is 6.21. The number of hydrogen-bond donors (Lipinski definition) is 1. The fraction of sp³-hybridized carbons (Fsp3) is 0.300. The highest BCUT2D eigenvalue weighted by Gasteiger charge is 2.10. The molecule has 0 aromatic heterocycles. The van der Waals surface area contributed by atoms with Crippen molar-refractivity contribution in [3.05, 3.63) is 33.8 Å². The van der Waals surface area contributed by atoms with Crippen molar-refractivity contribution in [3.63, 3.8) is 0 Å². The lowest BCUT2D eigenvalue weighted by Crippen LogP contribution is -2.28. The van der Waals surface area contributed by atoms with Gasteiger partial charge in [-0.1, -0.05) is 29.3 Å². The minimum atomic E-state index is -0.457. The Labute approximate surface area is 93.0 Å². The van der Waals surface area contributed by atoms with Crippen LogP contribution >= 0.6 is 23.2 Å². The fourth-order valence-electron chi connectivity index (χ4n) is 1.01. The smallest absolute Gasteiger partial charge is 0.153 e. The largest absolute Gasteiger partial charge is 0.322 e. The van der Waals surface area contributed by atoms with Crippen LogP contribution in [0.15, 0.2) is 18.2 Å². The Balaban J connectivity index is 2.82. The van der Waals surface area contributed by atoms with E-state index < -0.39 is 6.04 Å². The molecule has 0 aliphatic heterocycles. The summed E-state index contributed by atoms with van der Waals surface area (Å²) in [4.78, 5) is 11.3. The van der Waals surface area contributed by atoms with Crippen LogP contribution < -0.4 is 5.73 Å². The van der Waals surface area contributed by atoms with Crippen LogP contribution in [0.1, 0.15) is 12.5 Å². The second-order valence-corrected chi connectivity index (χ2v) is 4.01. The first-order valence-corrected chi connectivity index (χ1v) is 4.98. The lowest BCUT2D eigenvalue weighted by molar-refractivity contribution is -0.119. The summed E-state index contributed by atoms with van der Waals surface area (Å²) >= 11 is 11.6. The number of nitrogens with two attached hydrogens (primary N) is 1. The van der Waals surface area contributed by atoms with Crippen LogP contribution in [0.25, 0.3) is 0 Å². The maximum Gasteiger partial charge on any atom is 0.153 e. The number of hydrogen-bond acceptors (Lipinski definition) is 2. The van der Waals surface area contributed by atoms with Gasteiger partial charge in [0.1, 0.15) is 0 Å². The monoisotopic (exact) mass is 231 g/mol. The van der Waals surface area contributed by atoms with E-state index in [1.807, 2.05) is 0 Å². The molecule has 0 heterocycles. The Morgan fingerprint density at radius 3 is 2.64 bits per heavy atom. The zero-order chi connectivity index (χ0) is 10.7. The normalized spacial score (nSPS) is 12.6. The molecule has 2 nitrogen and oxygen atoms in total. The molecule has 0 fully saturated rings. The summed E-state index contributed by atoms with van der Waals surface area (Å²) in [7, 11) is 0. The lowest BCUT2D eigenvalue weighted by atomic mass is 10.1. The van der Waals surface area contributed by atoms with Crippen LogP contribution in [0.2, 0.25) is 10.0 Å². The fourth-order valence-corrected chi connectivity index (χ4v) is 1.49. The van der Waals surface area contributed by atoms with E-state index in [1.54, 1.807) is 25.1 Å². The van der Waals surface area contributed by atoms with Gasteiger partial charge in [-0.3, -0.25) is 4.79 Å². The number of carbonyl (C=O) groups is 1. The second kappa shape index (κ2) is 4.78. The first kappa shape index (κ1) is 11.5. The van der Waals surface area contributed by atoms with Gasteiger partial charge in [-0.15, -0.1) is 0 Å². The molecule has 4 heteroatoms. The van der Waals surface area contributed by atoms with Crippen molar-refractivity contribution in [1.82, 2.24) is 0 Å². The predicted molar refractivity (Wildman–Crippen MR) is 58.8 cm³/mol. The van der Waals surface area contributed by atoms with E-state index in [-0.39, 0.29) is 12.2 Å². The molecule has 0 unspecified atom stereocenters. The molecule has 1 atom stereocenters. The molecule has 1 rings (SSSR count). The third-order valence-corrected chi connectivity index (χ3v) is 2.47. The summed E-state index contributed by atoms with van der Waals surface area (Å²) in [6.45, 7) is 1.66. The molecule has 0 bridgehead atoms. The topological polar surface area (TPSA) is 43.1 Å². The molecular weight excluding hydrogens is 221 g/mol. The van der Waals surface area contributed by atoms with Crippen molar-refractivity contribution in [2.24, 2.45) is 5.73 Å². The quantitative estimate of drug-likeness (QED) is 0.869. The van der Waals surface area contributed by atoms with E-state index in [9.17, 15) is 4.79 Å². The van der Waals surface area contributed by atoms with Gasteiger partial charge in [-0.05, 0) is 24.6 Å². The van der Waals surface area contributed by atoms with Crippen LogP contribution in [-0.4, -0.2) is 11.8 Å². The molecule has 0 aliphatic rings. The standard InChI is InChI=1S/C10H11Cl2NO/c1-6(13)10(14)4-7-2-3-8(11)5-9(7)12/h2-3,5-6H,4,13H2,1H3/t6-/m0/s1. The van der Waals surface area contributed by atoms with Gasteiger partial charge in [0.2, 0.25) is 0 Å². The number of Topliss-reactive ketones (excluding diaryl/α,β-unsaturated/α-hetero) is 1. The number of carbonyl (C=O) groups excluding carboxylic acids is 1. The SMILES string of the molecule is C[C@H](N)C(=O)Cc1ccc(Cl)cc1Cl. The van der Waals surface area contributed by atoms with E-state index in [2.05, 4.69) is 0 Å². The Morgan fingerprint density at radius 2 is 2.14 bits per heavy atom. The first-order valence-electron chi connectivity index (χ1n) is 4.23. The third kappa shape index (κ3) is 2.98. The van der Waals surface area contributed by atoms with E-state index in [4.69, 9.17) is 28.9 Å². The average Bonchev–Trinajstić information content (AvgIpc) is 2.09. The molecule has 76 valence electrons. The summed E-state index contributed by atoms with van der Waals surface area (Å²) in [5.74, 6) is -0.0331. The third-order valence-electron chi connectivity index (χ3n) is 1.89. The van der Waals surface area contributed by atoms with Gasteiger partial charge < -0.3 is 5.73 Å². The Kier molecular flexibility index (Phi) is 3.93. The maximum atomic E-state index is 11.3. The van der Waals surface area contributed by atoms with E-state index >= 15 is 0 Å². The van der Waals surface area contributed by atoms with E-state index in [0.717, 1.165) is 5.56 Å². The molecule has 1 aromatic carbocycles. The van der Waals surface area contributed by atoms with Gasteiger partial charge in [-0.2, -0.15) is 0 Å². The highest BCUT2D eigenvalue weighted by molar-refractivity contribution is 6.35. The molecule has 0 amide bonds. The molecule has 2 N–H and O–H groups in total. The van der Waals surface area contributed by atoms with Gasteiger partial charge in [0, 0.05) is 16.5 Å². The zero-order valence-electron chi connectivity index (χ0n) is 7.76. The lowest BCUT2D eigenvalue weighted by Gasteiger charge is -2.06. The van der Waals surface area contributed by atoms with Crippen LogP contribution in [0.4, 0.5) is 0 Å². The van der Waals surface area contributed by atoms with Crippen molar-refractivity contribution < 1.29 is 4.79 Å². The van der Waals surface area contributed by atoms with Crippen molar-refractivity contribution in [2.45, 2.75) is 19.4 Å². The number of halogens is 2. The zero-order valence-corrected chi connectivity index (χ0v) is 9.27. The summed E-state index contributed by atoms with van der Waals surface area (Å²) in [5, 5.41) is 1.07. The Morgan fingerprint density at radius 1 is 1.50 bits per heavy atom. The first-order chi connectivity index (χ1) is 6.50. The van der Waals surface area contributed by atoms with Gasteiger partial charge in [0.05, 0.1) is 6.04 Å². The number of benzene rings is 1. The average molecular weight is 232 g/mol. The molecule has 0 spiro atoms. The molecule has 0 aliphatic carbocycles. The molecule has 0 saturated carbocycles. The molecule has 0 saturated heterocycles. The summed E-state index contributed by atoms with van der Waals surface area (Å²) < 4.78 is 0. The Hall–Kier alpha value is -0.570. The van der Waals surface area contributed by atoms with Crippen molar-refractivity contribution in [2.75, 3.05) is 0 Å². The molecular formula is C10H11Cl2NO. The second-order valence-electron chi connectivity index (χ2n) is 3.17. The molecule has 1 aromatic rings. The minimum Gasteiger partial charge on any atom is -0.322 e. The van der Waals surface area contributed by atoms with Crippen LogP contribution in [-0.2, 0) is 11.2 Å². The minimum absolute atomic E-state index is 0.0331. The van der Waals surface area contributed by atoms with Gasteiger partial charge in [0.15, 0.2) is 5.78 Å². The number of ketones is 1.